The Hall–Kier alpha value is -3.15. The Bertz CT molecular complexity index is 986. The first-order chi connectivity index (χ1) is 15.9. The predicted molar refractivity (Wildman–Crippen MR) is 122 cm³/mol. The number of allylic oxidation sites excluding steroid dienone is 1. The molecule has 1 aromatic rings. The van der Waals surface area contributed by atoms with Gasteiger partial charge in [-0.3, -0.25) is 0 Å². The molecule has 186 valence electrons. The normalized spacial score (nSPS) is 20.6. The second-order valence-electron chi connectivity index (χ2n) is 9.16. The third-order valence-electron chi connectivity index (χ3n) is 5.55. The third-order valence-corrected chi connectivity index (χ3v) is 5.55. The van der Waals surface area contributed by atoms with Crippen molar-refractivity contribution in [2.75, 3.05) is 18.4 Å². The molecule has 9 nitrogen and oxygen atoms in total. The molecule has 2 amide bonds. The Morgan fingerprint density at radius 1 is 1.32 bits per heavy atom. The van der Waals surface area contributed by atoms with Gasteiger partial charge >= 0.3 is 12.2 Å². The number of alkyl halides is 3. The minimum Gasteiger partial charge on any atom is -0.389 e. The number of hydrogen-bond acceptors (Lipinski definition) is 7. The first-order valence-electron chi connectivity index (χ1n) is 11.0. The highest BCUT2D eigenvalue weighted by Crippen LogP contribution is 2.39. The highest BCUT2D eigenvalue weighted by atomic mass is 19.4. The van der Waals surface area contributed by atoms with Gasteiger partial charge in [0, 0.05) is 31.2 Å². The Balaban J connectivity index is 1.74. The molecule has 2 unspecified atom stereocenters. The van der Waals surface area contributed by atoms with Gasteiger partial charge in [-0.2, -0.15) is 13.2 Å². The lowest BCUT2D eigenvalue weighted by Crippen LogP contribution is -2.50. The number of urea groups is 1. The van der Waals surface area contributed by atoms with Crippen molar-refractivity contribution in [3.63, 3.8) is 0 Å². The van der Waals surface area contributed by atoms with E-state index in [0.29, 0.717) is 30.7 Å². The van der Waals surface area contributed by atoms with E-state index in [1.165, 1.54) is 4.90 Å². The first kappa shape index (κ1) is 25.5. The fourth-order valence-electron chi connectivity index (χ4n) is 4.07. The molecule has 1 fully saturated rings. The summed E-state index contributed by atoms with van der Waals surface area (Å²) in [5.41, 5.74) is 1.91. The summed E-state index contributed by atoms with van der Waals surface area (Å²) < 4.78 is 37.5. The molecule has 3 rings (SSSR count). The number of carbonyl (C=O) groups excluding carboxylic acids is 1. The molecule has 5 N–H and O–H groups in total. The maximum absolute atomic E-state index is 12.5. The number of carbonyl (C=O) groups is 1. The highest BCUT2D eigenvalue weighted by molar-refractivity contribution is 5.80. The van der Waals surface area contributed by atoms with Crippen LogP contribution in [0.1, 0.15) is 44.4 Å². The van der Waals surface area contributed by atoms with E-state index in [2.05, 4.69) is 20.6 Å². The second-order valence-corrected chi connectivity index (χ2v) is 9.16. The van der Waals surface area contributed by atoms with E-state index >= 15 is 0 Å². The van der Waals surface area contributed by atoms with Crippen molar-refractivity contribution in [3.8, 4) is 0 Å². The Kier molecular flexibility index (Phi) is 7.49. The number of aromatic nitrogens is 2. The fraction of sp³-hybridized carbons (Fsp3) is 0.545. The van der Waals surface area contributed by atoms with Crippen LogP contribution >= 0.6 is 0 Å². The lowest BCUT2D eigenvalue weighted by atomic mass is 9.96. The van der Waals surface area contributed by atoms with Crippen LogP contribution in [0.2, 0.25) is 0 Å². The minimum atomic E-state index is -4.46. The number of rotatable bonds is 8. The summed E-state index contributed by atoms with van der Waals surface area (Å²) in [5, 5.41) is 25.3. The number of hydrogen-bond donors (Lipinski definition) is 5. The maximum Gasteiger partial charge on any atom is 0.405 e. The van der Waals surface area contributed by atoms with Crippen LogP contribution < -0.4 is 16.0 Å². The molecule has 0 radical (unpaired) electrons. The maximum atomic E-state index is 12.5. The molecule has 2 aliphatic rings. The molecule has 3 heterocycles. The van der Waals surface area contributed by atoms with Crippen LogP contribution in [0.3, 0.4) is 0 Å². The average Bonchev–Trinajstić information content (AvgIpc) is 3.00. The molecule has 12 heteroatoms. The van der Waals surface area contributed by atoms with Crippen molar-refractivity contribution >= 4 is 23.8 Å². The van der Waals surface area contributed by atoms with E-state index in [0.717, 1.165) is 17.4 Å². The molecule has 2 bridgehead atoms. The Morgan fingerprint density at radius 3 is 2.68 bits per heavy atom. The Morgan fingerprint density at radius 2 is 2.06 bits per heavy atom. The number of amides is 2. The summed E-state index contributed by atoms with van der Waals surface area (Å²) in [6.45, 7) is 4.11. The number of aryl methyl sites for hydroxylation is 1. The molecule has 2 aliphatic heterocycles. The lowest BCUT2D eigenvalue weighted by Gasteiger charge is -2.34. The van der Waals surface area contributed by atoms with Gasteiger partial charge in [-0.15, -0.1) is 0 Å². The van der Waals surface area contributed by atoms with Gasteiger partial charge in [0.05, 0.1) is 23.0 Å². The van der Waals surface area contributed by atoms with Crippen LogP contribution in [-0.4, -0.2) is 69.2 Å². The van der Waals surface area contributed by atoms with E-state index in [-0.39, 0.29) is 24.6 Å². The number of nitrogens with one attached hydrogen (secondary N) is 4. The van der Waals surface area contributed by atoms with Gasteiger partial charge < -0.3 is 31.4 Å². The number of aliphatic hydroxyl groups is 1. The average molecular weight is 482 g/mol. The number of nitrogens with zero attached hydrogens (tertiary/aromatic N) is 3. The minimum absolute atomic E-state index is 0.202. The summed E-state index contributed by atoms with van der Waals surface area (Å²) in [7, 11) is 0. The number of anilines is 1. The van der Waals surface area contributed by atoms with Crippen LogP contribution in [0.5, 0.6) is 0 Å². The van der Waals surface area contributed by atoms with Crippen LogP contribution in [-0.2, 0) is 0 Å². The molecule has 1 aromatic heterocycles. The van der Waals surface area contributed by atoms with Gasteiger partial charge in [0.1, 0.15) is 6.54 Å². The largest absolute Gasteiger partial charge is 0.405 e. The SMILES string of the molecule is Cc1cnc(N/C(C=N)=C/NCC(C)(C)O)nc1C1=CC2CCC(C1)N2C(=O)NCC(F)(F)F. The summed E-state index contributed by atoms with van der Waals surface area (Å²) in [4.78, 5) is 22.7. The molecule has 1 saturated heterocycles. The lowest BCUT2D eigenvalue weighted by molar-refractivity contribution is -0.123. The van der Waals surface area contributed by atoms with Crippen LogP contribution in [0, 0.1) is 12.3 Å². The molecule has 0 aromatic carbocycles. The van der Waals surface area contributed by atoms with E-state index in [4.69, 9.17) is 5.41 Å². The molecule has 0 aliphatic carbocycles. The van der Waals surface area contributed by atoms with Gasteiger partial charge in [0.2, 0.25) is 5.95 Å². The predicted octanol–water partition coefficient (Wildman–Crippen LogP) is 2.94. The number of halogens is 3. The van der Waals surface area contributed by atoms with E-state index < -0.39 is 24.4 Å². The van der Waals surface area contributed by atoms with Crippen molar-refractivity contribution in [1.29, 1.82) is 5.41 Å². The monoisotopic (exact) mass is 481 g/mol. The van der Waals surface area contributed by atoms with Crippen molar-refractivity contribution in [1.82, 2.24) is 25.5 Å². The van der Waals surface area contributed by atoms with E-state index in [9.17, 15) is 23.1 Å². The van der Waals surface area contributed by atoms with Crippen LogP contribution in [0.15, 0.2) is 24.2 Å². The quantitative estimate of drug-likeness (QED) is 0.364. The molecular weight excluding hydrogens is 451 g/mol. The van der Waals surface area contributed by atoms with Crippen molar-refractivity contribution < 1.29 is 23.1 Å². The summed E-state index contributed by atoms with van der Waals surface area (Å²) in [6, 6.07) is -1.20. The van der Waals surface area contributed by atoms with Crippen LogP contribution in [0.4, 0.5) is 23.9 Å². The molecule has 34 heavy (non-hydrogen) atoms. The van der Waals surface area contributed by atoms with Crippen LogP contribution in [0.25, 0.3) is 5.57 Å². The smallest absolute Gasteiger partial charge is 0.389 e. The first-order valence-corrected chi connectivity index (χ1v) is 11.0. The molecular formula is C22H30F3N7O2. The van der Waals surface area contributed by atoms with Gasteiger partial charge in [-0.05, 0) is 51.2 Å². The highest BCUT2D eigenvalue weighted by Gasteiger charge is 2.41. The molecule has 0 saturated carbocycles. The van der Waals surface area contributed by atoms with Gasteiger partial charge in [-0.25, -0.2) is 14.8 Å². The fourth-order valence-corrected chi connectivity index (χ4v) is 4.07. The Labute approximate surface area is 196 Å². The zero-order chi connectivity index (χ0) is 25.1. The topological polar surface area (TPSA) is 126 Å². The summed E-state index contributed by atoms with van der Waals surface area (Å²) in [6.07, 6.45) is 3.59. The van der Waals surface area contributed by atoms with Crippen molar-refractivity contribution in [2.45, 2.75) is 63.9 Å². The zero-order valence-corrected chi connectivity index (χ0v) is 19.3. The van der Waals surface area contributed by atoms with Gasteiger partial charge in [0.15, 0.2) is 0 Å². The van der Waals surface area contributed by atoms with Crippen molar-refractivity contribution in [2.24, 2.45) is 0 Å². The molecule has 2 atom stereocenters. The summed E-state index contributed by atoms with van der Waals surface area (Å²) in [5.74, 6) is 0.277. The number of fused-ring (bicyclic) bond motifs is 2. The second kappa shape index (κ2) is 10.00. The summed E-state index contributed by atoms with van der Waals surface area (Å²) >= 11 is 0. The van der Waals surface area contributed by atoms with Gasteiger partial charge in [0.25, 0.3) is 0 Å². The zero-order valence-electron chi connectivity index (χ0n) is 19.3. The van der Waals surface area contributed by atoms with Crippen molar-refractivity contribution in [3.05, 3.63) is 35.4 Å². The van der Waals surface area contributed by atoms with E-state index in [1.807, 2.05) is 18.3 Å². The van der Waals surface area contributed by atoms with E-state index in [1.54, 1.807) is 26.2 Å². The van der Waals surface area contributed by atoms with Gasteiger partial charge in [-0.1, -0.05) is 6.08 Å². The standard InChI is InChI=1S/C22H30F3N7O2/c1-13-9-28-19(30-15(8-26)10-27-11-21(2,3)34)31-18(13)14-6-16-4-5-17(7-14)32(16)20(33)29-12-22(23,24)25/h6,8-10,16-17,26-27,34H,4-5,7,11-12H2,1-3H3,(H,29,33)(H,28,30,31)/b15-10+,26-8?. The molecule has 0 spiro atoms. The third kappa shape index (κ3) is 6.69.